The number of carbonyl (C=O) groups is 2. The predicted molar refractivity (Wildman–Crippen MR) is 25.5 cm³/mol. The molecule has 50 valence electrons. The topological polar surface area (TPSA) is 75.6 Å². The van der Waals surface area contributed by atoms with Crippen LogP contribution in [-0.2, 0) is 9.53 Å². The second-order valence-corrected chi connectivity index (χ2v) is 1.59. The summed E-state index contributed by atoms with van der Waals surface area (Å²) in [6, 6.07) is -0.863. The van der Waals surface area contributed by atoms with Crippen LogP contribution in [0.15, 0.2) is 0 Å². The van der Waals surface area contributed by atoms with Crippen molar-refractivity contribution in [2.45, 2.75) is 6.04 Å². The van der Waals surface area contributed by atoms with E-state index in [1.807, 2.05) is 0 Å². The highest BCUT2D eigenvalue weighted by atomic mass is 16.6. The number of rotatable bonds is 1. The maximum Gasteiger partial charge on any atom is 0.415 e. The van der Waals surface area contributed by atoms with Crippen LogP contribution in [-0.4, -0.2) is 29.8 Å². The highest BCUT2D eigenvalue weighted by molar-refractivity contribution is 5.95. The number of hydrogen-bond acceptors (Lipinski definition) is 4. The molecule has 0 unspecified atom stereocenters. The molecule has 0 spiro atoms. The monoisotopic (exact) mass is 131 g/mol. The van der Waals surface area contributed by atoms with Gasteiger partial charge in [-0.05, 0) is 0 Å². The second-order valence-electron chi connectivity index (χ2n) is 1.59. The van der Waals surface area contributed by atoms with Crippen LogP contribution in [0.1, 0.15) is 0 Å². The van der Waals surface area contributed by atoms with Gasteiger partial charge in [0, 0.05) is 0 Å². The van der Waals surface area contributed by atoms with Crippen LogP contribution in [0, 0.1) is 0 Å². The zero-order chi connectivity index (χ0) is 6.85. The largest absolute Gasteiger partial charge is 0.415 e. The maximum absolute atomic E-state index is 10.4. The lowest BCUT2D eigenvalue weighted by atomic mass is 10.3. The first-order valence-corrected chi connectivity index (χ1v) is 2.37. The molecule has 0 aromatic rings. The van der Waals surface area contributed by atoms with E-state index in [0.29, 0.717) is 0 Å². The van der Waals surface area contributed by atoms with Crippen LogP contribution in [0.25, 0.3) is 0 Å². The number of aliphatic hydroxyl groups is 1. The van der Waals surface area contributed by atoms with E-state index in [1.54, 1.807) is 0 Å². The molecule has 1 aliphatic rings. The smallest absolute Gasteiger partial charge is 0.394 e. The molecule has 5 heteroatoms. The molecule has 2 N–H and O–H groups in total. The summed E-state index contributed by atoms with van der Waals surface area (Å²) in [6.07, 6.45) is -0.793. The number of ether oxygens (including phenoxy) is 1. The van der Waals surface area contributed by atoms with Crippen LogP contribution in [0.4, 0.5) is 4.79 Å². The van der Waals surface area contributed by atoms with Crippen LogP contribution in [0.5, 0.6) is 0 Å². The van der Waals surface area contributed by atoms with E-state index in [4.69, 9.17) is 5.11 Å². The van der Waals surface area contributed by atoms with Gasteiger partial charge in [-0.25, -0.2) is 9.59 Å². The zero-order valence-corrected chi connectivity index (χ0v) is 4.46. The molecule has 0 saturated carbocycles. The van der Waals surface area contributed by atoms with E-state index in [1.165, 1.54) is 0 Å². The van der Waals surface area contributed by atoms with Gasteiger partial charge in [0.2, 0.25) is 0 Å². The Labute approximate surface area is 50.6 Å². The molecule has 0 aromatic heterocycles. The summed E-state index contributed by atoms with van der Waals surface area (Å²) in [4.78, 5) is 20.5. The molecule has 5 nitrogen and oxygen atoms in total. The Bertz CT molecular complexity index is 155. The lowest BCUT2D eigenvalue weighted by Gasteiger charge is -1.95. The van der Waals surface area contributed by atoms with Gasteiger partial charge in [0.15, 0.2) is 6.04 Å². The minimum Gasteiger partial charge on any atom is -0.394 e. The quantitative estimate of drug-likeness (QED) is 0.339. The third kappa shape index (κ3) is 0.996. The van der Waals surface area contributed by atoms with Crippen molar-refractivity contribution in [1.82, 2.24) is 5.32 Å². The molecule has 9 heavy (non-hydrogen) atoms. The summed E-state index contributed by atoms with van der Waals surface area (Å²) in [5.41, 5.74) is 0. The van der Waals surface area contributed by atoms with Crippen molar-refractivity contribution in [3.8, 4) is 0 Å². The number of carbonyl (C=O) groups excluding carboxylic acids is 2. The minimum absolute atomic E-state index is 0.412. The minimum atomic E-state index is -0.863. The first-order valence-electron chi connectivity index (χ1n) is 2.37. The number of hydrogen-bond donors (Lipinski definition) is 2. The van der Waals surface area contributed by atoms with Gasteiger partial charge in [-0.1, -0.05) is 0 Å². The van der Waals surface area contributed by atoms with Crippen molar-refractivity contribution in [1.29, 1.82) is 0 Å². The first kappa shape index (κ1) is 6.03. The fraction of sp³-hybridized carbons (Fsp3) is 0.500. The SMILES string of the molecule is O=C1N[C@@H](CO)C(=O)O1. The van der Waals surface area contributed by atoms with E-state index in [2.05, 4.69) is 10.1 Å². The number of aliphatic hydroxyl groups excluding tert-OH is 1. The molecule has 1 heterocycles. The normalized spacial score (nSPS) is 25.7. The lowest BCUT2D eigenvalue weighted by molar-refractivity contribution is -0.136. The Morgan fingerprint density at radius 2 is 2.33 bits per heavy atom. The summed E-state index contributed by atoms with van der Waals surface area (Å²) in [5.74, 6) is -0.720. The van der Waals surface area contributed by atoms with Gasteiger partial charge >= 0.3 is 12.1 Å². The third-order valence-corrected chi connectivity index (χ3v) is 0.952. The summed E-state index contributed by atoms with van der Waals surface area (Å²) in [7, 11) is 0. The van der Waals surface area contributed by atoms with Gasteiger partial charge in [-0.2, -0.15) is 0 Å². The van der Waals surface area contributed by atoms with Crippen molar-refractivity contribution in [2.24, 2.45) is 0 Å². The molecule has 1 rings (SSSR count). The summed E-state index contributed by atoms with van der Waals surface area (Å²) in [5, 5.41) is 10.4. The van der Waals surface area contributed by atoms with Crippen molar-refractivity contribution in [3.63, 3.8) is 0 Å². The maximum atomic E-state index is 10.4. The van der Waals surface area contributed by atoms with Crippen LogP contribution >= 0.6 is 0 Å². The number of esters is 1. The van der Waals surface area contributed by atoms with Gasteiger partial charge in [0.05, 0.1) is 6.61 Å². The molecule has 1 saturated heterocycles. The zero-order valence-electron chi connectivity index (χ0n) is 4.46. The van der Waals surface area contributed by atoms with Gasteiger partial charge in [-0.15, -0.1) is 0 Å². The van der Waals surface area contributed by atoms with Crippen LogP contribution in [0.3, 0.4) is 0 Å². The Kier molecular flexibility index (Phi) is 1.35. The Hall–Kier alpha value is -1.10. The third-order valence-electron chi connectivity index (χ3n) is 0.952. The fourth-order valence-electron chi connectivity index (χ4n) is 0.513. The van der Waals surface area contributed by atoms with Crippen LogP contribution in [0.2, 0.25) is 0 Å². The van der Waals surface area contributed by atoms with E-state index in [9.17, 15) is 9.59 Å². The standard InChI is InChI=1S/C4H5NO4/c6-1-2-3(7)9-4(8)5-2/h2,6H,1H2,(H,5,8)/t2-/m0/s1. The number of amides is 1. The van der Waals surface area contributed by atoms with E-state index >= 15 is 0 Å². The summed E-state index contributed by atoms with van der Waals surface area (Å²) in [6.45, 7) is -0.412. The lowest BCUT2D eigenvalue weighted by Crippen LogP contribution is -2.31. The van der Waals surface area contributed by atoms with Crippen molar-refractivity contribution >= 4 is 12.1 Å². The van der Waals surface area contributed by atoms with E-state index in [-0.39, 0.29) is 0 Å². The Balaban J connectivity index is 2.58. The van der Waals surface area contributed by atoms with Gasteiger partial charge in [0.25, 0.3) is 0 Å². The molecular formula is C4H5NO4. The van der Waals surface area contributed by atoms with E-state index in [0.717, 1.165) is 0 Å². The molecular weight excluding hydrogens is 126 g/mol. The van der Waals surface area contributed by atoms with Crippen molar-refractivity contribution < 1.29 is 19.4 Å². The highest BCUT2D eigenvalue weighted by Gasteiger charge is 2.31. The number of nitrogens with one attached hydrogen (secondary N) is 1. The Morgan fingerprint density at radius 1 is 1.67 bits per heavy atom. The summed E-state index contributed by atoms with van der Waals surface area (Å²) >= 11 is 0. The predicted octanol–water partition coefficient (Wildman–Crippen LogP) is -1.39. The Morgan fingerprint density at radius 3 is 2.56 bits per heavy atom. The van der Waals surface area contributed by atoms with Gasteiger partial charge in [0.1, 0.15) is 0 Å². The average Bonchev–Trinajstić information content (AvgIpc) is 2.10. The van der Waals surface area contributed by atoms with Gasteiger partial charge in [-0.3, -0.25) is 0 Å². The van der Waals surface area contributed by atoms with Gasteiger partial charge < -0.3 is 15.2 Å². The fourth-order valence-corrected chi connectivity index (χ4v) is 0.513. The molecule has 1 amide bonds. The number of cyclic esters (lactones) is 2. The molecule has 0 bridgehead atoms. The molecule has 1 fully saturated rings. The molecule has 0 aliphatic carbocycles. The average molecular weight is 131 g/mol. The summed E-state index contributed by atoms with van der Waals surface area (Å²) < 4.78 is 4.02. The molecule has 1 aliphatic heterocycles. The molecule has 0 radical (unpaired) electrons. The molecule has 1 atom stereocenters. The number of alkyl carbamates (subject to hydrolysis) is 1. The first-order chi connectivity index (χ1) is 4.24. The molecule has 0 aromatic carbocycles. The van der Waals surface area contributed by atoms with Crippen molar-refractivity contribution in [2.75, 3.05) is 6.61 Å². The van der Waals surface area contributed by atoms with Crippen molar-refractivity contribution in [3.05, 3.63) is 0 Å². The van der Waals surface area contributed by atoms with Crippen LogP contribution < -0.4 is 5.32 Å². The second kappa shape index (κ2) is 2.02. The highest BCUT2D eigenvalue weighted by Crippen LogP contribution is 1.97. The van der Waals surface area contributed by atoms with E-state index < -0.39 is 24.7 Å².